The van der Waals surface area contributed by atoms with Crippen molar-refractivity contribution < 1.29 is 4.79 Å². The van der Waals surface area contributed by atoms with Crippen LogP contribution in [0.1, 0.15) is 26.5 Å². The highest BCUT2D eigenvalue weighted by Crippen LogP contribution is 2.22. The summed E-state index contributed by atoms with van der Waals surface area (Å²) in [5.41, 5.74) is 2.17. The molecule has 4 nitrogen and oxygen atoms in total. The Morgan fingerprint density at radius 1 is 1.22 bits per heavy atom. The van der Waals surface area contributed by atoms with E-state index in [-0.39, 0.29) is 11.3 Å². The van der Waals surface area contributed by atoms with Crippen LogP contribution in [0, 0.1) is 0 Å². The lowest BCUT2D eigenvalue weighted by Crippen LogP contribution is -2.48. The highest BCUT2D eigenvalue weighted by Gasteiger charge is 2.22. The lowest BCUT2D eigenvalue weighted by molar-refractivity contribution is -0.129. The number of carbonyl (C=O) groups is 1. The van der Waals surface area contributed by atoms with Crippen LogP contribution < -0.4 is 4.90 Å². The number of amides is 1. The Kier molecular flexibility index (Phi) is 3.28. The van der Waals surface area contributed by atoms with Crippen LogP contribution in [0.15, 0.2) is 18.3 Å². The summed E-state index contributed by atoms with van der Waals surface area (Å²) in [5.74, 6) is 0.168. The zero-order chi connectivity index (χ0) is 13.3. The highest BCUT2D eigenvalue weighted by molar-refractivity contribution is 5.82. The van der Waals surface area contributed by atoms with Crippen molar-refractivity contribution in [2.75, 3.05) is 31.6 Å². The number of hydrogen-bond acceptors (Lipinski definition) is 3. The van der Waals surface area contributed by atoms with Crippen molar-refractivity contribution in [2.24, 2.45) is 0 Å². The molecule has 1 aromatic rings. The largest absolute Gasteiger partial charge is 0.359 e. The number of hydrogen-bond donors (Lipinski definition) is 0. The minimum atomic E-state index is 0.0659. The molecule has 0 unspecified atom stereocenters. The Morgan fingerprint density at radius 3 is 2.44 bits per heavy atom. The SMILES string of the molecule is CN1CCN(c2ccc(C(C)(C)C)nc2)CC1=O. The average molecular weight is 247 g/mol. The monoisotopic (exact) mass is 247 g/mol. The summed E-state index contributed by atoms with van der Waals surface area (Å²) in [6, 6.07) is 4.12. The molecule has 0 spiro atoms. The summed E-state index contributed by atoms with van der Waals surface area (Å²) >= 11 is 0. The summed E-state index contributed by atoms with van der Waals surface area (Å²) in [7, 11) is 1.85. The van der Waals surface area contributed by atoms with E-state index < -0.39 is 0 Å². The molecule has 18 heavy (non-hydrogen) atoms. The van der Waals surface area contributed by atoms with Crippen LogP contribution in [0.5, 0.6) is 0 Å². The maximum atomic E-state index is 11.7. The zero-order valence-corrected chi connectivity index (χ0v) is 11.6. The fraction of sp³-hybridized carbons (Fsp3) is 0.571. The normalized spacial score (nSPS) is 17.2. The molecule has 1 aromatic heterocycles. The van der Waals surface area contributed by atoms with E-state index in [1.807, 2.05) is 13.2 Å². The van der Waals surface area contributed by atoms with Crippen LogP contribution in [0.4, 0.5) is 5.69 Å². The first-order valence-electron chi connectivity index (χ1n) is 6.33. The molecular formula is C14H21N3O. The van der Waals surface area contributed by atoms with E-state index in [9.17, 15) is 4.79 Å². The lowest BCUT2D eigenvalue weighted by atomic mass is 9.92. The molecule has 1 amide bonds. The molecule has 2 heterocycles. The van der Waals surface area contributed by atoms with Gasteiger partial charge >= 0.3 is 0 Å². The highest BCUT2D eigenvalue weighted by atomic mass is 16.2. The predicted molar refractivity (Wildman–Crippen MR) is 72.8 cm³/mol. The van der Waals surface area contributed by atoms with Crippen LogP contribution in [-0.2, 0) is 10.2 Å². The molecular weight excluding hydrogens is 226 g/mol. The third-order valence-corrected chi connectivity index (χ3v) is 3.34. The molecule has 0 aromatic carbocycles. The molecule has 98 valence electrons. The summed E-state index contributed by atoms with van der Waals surface area (Å²) in [6.07, 6.45) is 1.87. The van der Waals surface area contributed by atoms with Gasteiger partial charge in [0.2, 0.25) is 5.91 Å². The van der Waals surface area contributed by atoms with Crippen molar-refractivity contribution in [3.63, 3.8) is 0 Å². The summed E-state index contributed by atoms with van der Waals surface area (Å²) < 4.78 is 0. The van der Waals surface area contributed by atoms with Crippen LogP contribution >= 0.6 is 0 Å². The minimum Gasteiger partial charge on any atom is -0.359 e. The maximum Gasteiger partial charge on any atom is 0.241 e. The minimum absolute atomic E-state index is 0.0659. The first-order valence-corrected chi connectivity index (χ1v) is 6.33. The Hall–Kier alpha value is -1.58. The molecule has 1 aliphatic heterocycles. The number of nitrogens with zero attached hydrogens (tertiary/aromatic N) is 3. The van der Waals surface area contributed by atoms with Crippen molar-refractivity contribution in [2.45, 2.75) is 26.2 Å². The number of likely N-dealkylation sites (N-methyl/N-ethyl adjacent to an activating group) is 1. The topological polar surface area (TPSA) is 36.4 Å². The molecule has 0 N–H and O–H groups in total. The number of carbonyl (C=O) groups excluding carboxylic acids is 1. The molecule has 1 aliphatic rings. The maximum absolute atomic E-state index is 11.7. The molecule has 1 fully saturated rings. The zero-order valence-electron chi connectivity index (χ0n) is 11.6. The summed E-state index contributed by atoms with van der Waals surface area (Å²) in [5, 5.41) is 0. The lowest BCUT2D eigenvalue weighted by Gasteiger charge is -2.33. The van der Waals surface area contributed by atoms with E-state index in [1.165, 1.54) is 0 Å². The first-order chi connectivity index (χ1) is 8.38. The van der Waals surface area contributed by atoms with Crippen LogP contribution in [0.3, 0.4) is 0 Å². The average Bonchev–Trinajstić information content (AvgIpc) is 2.32. The van der Waals surface area contributed by atoms with E-state index in [0.29, 0.717) is 6.54 Å². The Balaban J connectivity index is 2.13. The van der Waals surface area contributed by atoms with E-state index >= 15 is 0 Å². The van der Waals surface area contributed by atoms with Crippen molar-refractivity contribution >= 4 is 11.6 Å². The molecule has 0 saturated carbocycles. The Morgan fingerprint density at radius 2 is 1.94 bits per heavy atom. The summed E-state index contributed by atoms with van der Waals surface area (Å²) in [4.78, 5) is 20.0. The van der Waals surface area contributed by atoms with Crippen molar-refractivity contribution in [1.82, 2.24) is 9.88 Å². The molecule has 0 bridgehead atoms. The van der Waals surface area contributed by atoms with E-state index in [2.05, 4.69) is 42.8 Å². The van der Waals surface area contributed by atoms with Crippen molar-refractivity contribution in [1.29, 1.82) is 0 Å². The molecule has 0 atom stereocenters. The van der Waals surface area contributed by atoms with Crippen LogP contribution in [0.25, 0.3) is 0 Å². The van der Waals surface area contributed by atoms with Gasteiger partial charge in [0.25, 0.3) is 0 Å². The third kappa shape index (κ3) is 2.63. The number of rotatable bonds is 1. The van der Waals surface area contributed by atoms with Gasteiger partial charge in [0.15, 0.2) is 0 Å². The Bertz CT molecular complexity index is 433. The van der Waals surface area contributed by atoms with Crippen molar-refractivity contribution in [3.05, 3.63) is 24.0 Å². The number of piperazine rings is 1. The smallest absolute Gasteiger partial charge is 0.241 e. The van der Waals surface area contributed by atoms with E-state index in [4.69, 9.17) is 0 Å². The first kappa shape index (κ1) is 12.9. The van der Waals surface area contributed by atoms with Gasteiger partial charge in [-0.1, -0.05) is 20.8 Å². The second kappa shape index (κ2) is 4.59. The van der Waals surface area contributed by atoms with Gasteiger partial charge < -0.3 is 9.80 Å². The summed E-state index contributed by atoms with van der Waals surface area (Å²) in [6.45, 7) is 8.54. The number of pyridine rings is 1. The van der Waals surface area contributed by atoms with Crippen LogP contribution in [0.2, 0.25) is 0 Å². The Labute approximate surface area is 109 Å². The fourth-order valence-electron chi connectivity index (χ4n) is 2.00. The third-order valence-electron chi connectivity index (χ3n) is 3.34. The van der Waals surface area contributed by atoms with Gasteiger partial charge in [0.1, 0.15) is 0 Å². The standard InChI is InChI=1S/C14H21N3O/c1-14(2,3)12-6-5-11(9-15-12)17-8-7-16(4)13(18)10-17/h5-6,9H,7-8,10H2,1-4H3. The second-order valence-corrected chi connectivity index (χ2v) is 5.89. The number of anilines is 1. The van der Waals surface area contributed by atoms with E-state index in [1.54, 1.807) is 4.90 Å². The molecule has 1 saturated heterocycles. The van der Waals surface area contributed by atoms with Gasteiger partial charge in [-0.25, -0.2) is 0 Å². The van der Waals surface area contributed by atoms with Gasteiger partial charge in [-0.15, -0.1) is 0 Å². The van der Waals surface area contributed by atoms with E-state index in [0.717, 1.165) is 24.5 Å². The quantitative estimate of drug-likeness (QED) is 0.757. The predicted octanol–water partition coefficient (Wildman–Crippen LogP) is 1.66. The van der Waals surface area contributed by atoms with Gasteiger partial charge in [0.05, 0.1) is 18.4 Å². The fourth-order valence-corrected chi connectivity index (χ4v) is 2.00. The second-order valence-electron chi connectivity index (χ2n) is 5.89. The van der Waals surface area contributed by atoms with Crippen molar-refractivity contribution in [3.8, 4) is 0 Å². The van der Waals surface area contributed by atoms with Gasteiger partial charge in [-0.05, 0) is 12.1 Å². The molecule has 2 rings (SSSR count). The molecule has 0 radical (unpaired) electrons. The van der Waals surface area contributed by atoms with Crippen LogP contribution in [-0.4, -0.2) is 42.5 Å². The molecule has 0 aliphatic carbocycles. The van der Waals surface area contributed by atoms with Gasteiger partial charge in [-0.3, -0.25) is 9.78 Å². The number of aromatic nitrogens is 1. The molecule has 4 heteroatoms. The van der Waals surface area contributed by atoms with Gasteiger partial charge in [0, 0.05) is 31.2 Å². The van der Waals surface area contributed by atoms with Gasteiger partial charge in [-0.2, -0.15) is 0 Å².